The van der Waals surface area contributed by atoms with Gasteiger partial charge in [-0.25, -0.2) is 4.39 Å². The van der Waals surface area contributed by atoms with Crippen LogP contribution in [-0.4, -0.2) is 6.10 Å². The van der Waals surface area contributed by atoms with Crippen LogP contribution in [0, 0.1) is 17.7 Å². The van der Waals surface area contributed by atoms with Crippen molar-refractivity contribution in [2.24, 2.45) is 11.8 Å². The van der Waals surface area contributed by atoms with Gasteiger partial charge in [0.25, 0.3) is 0 Å². The van der Waals surface area contributed by atoms with E-state index in [1.807, 2.05) is 6.07 Å². The Labute approximate surface area is 122 Å². The van der Waals surface area contributed by atoms with Gasteiger partial charge in [0, 0.05) is 6.07 Å². The summed E-state index contributed by atoms with van der Waals surface area (Å²) in [6.07, 6.45) is 9.10. The summed E-state index contributed by atoms with van der Waals surface area (Å²) in [6.45, 7) is 4.44. The van der Waals surface area contributed by atoms with Crippen molar-refractivity contribution < 1.29 is 9.13 Å². The van der Waals surface area contributed by atoms with Crippen LogP contribution in [0.3, 0.4) is 0 Å². The molecule has 0 saturated heterocycles. The van der Waals surface area contributed by atoms with Crippen LogP contribution in [0.2, 0.25) is 0 Å². The molecule has 0 aliphatic heterocycles. The first kappa shape index (κ1) is 15.3. The minimum Gasteiger partial charge on any atom is -0.490 e. The SMILES string of the molecule is CCCC1CCC(C(CC)Oc2cccc(F)c2)CC1. The third-order valence-corrected chi connectivity index (χ3v) is 4.60. The van der Waals surface area contributed by atoms with E-state index in [-0.39, 0.29) is 11.9 Å². The third-order valence-electron chi connectivity index (χ3n) is 4.60. The van der Waals surface area contributed by atoms with Crippen molar-refractivity contribution in [3.63, 3.8) is 0 Å². The van der Waals surface area contributed by atoms with Crippen molar-refractivity contribution in [1.29, 1.82) is 0 Å². The minimum atomic E-state index is -0.219. The number of benzene rings is 1. The lowest BCUT2D eigenvalue weighted by Gasteiger charge is -2.33. The monoisotopic (exact) mass is 278 g/mol. The Morgan fingerprint density at radius 1 is 1.20 bits per heavy atom. The highest BCUT2D eigenvalue weighted by Gasteiger charge is 2.27. The molecule has 1 fully saturated rings. The maximum Gasteiger partial charge on any atom is 0.126 e. The van der Waals surface area contributed by atoms with Gasteiger partial charge in [0.15, 0.2) is 0 Å². The van der Waals surface area contributed by atoms with Gasteiger partial charge in [0.1, 0.15) is 17.7 Å². The second kappa shape index (κ2) is 7.66. The van der Waals surface area contributed by atoms with Crippen molar-refractivity contribution in [2.75, 3.05) is 0 Å². The normalized spacial score (nSPS) is 24.4. The van der Waals surface area contributed by atoms with E-state index in [4.69, 9.17) is 4.74 Å². The summed E-state index contributed by atoms with van der Waals surface area (Å²) in [5.74, 6) is 2.01. The van der Waals surface area contributed by atoms with E-state index in [0.717, 1.165) is 12.3 Å². The minimum absolute atomic E-state index is 0.219. The van der Waals surface area contributed by atoms with E-state index < -0.39 is 0 Å². The first-order valence-corrected chi connectivity index (χ1v) is 8.15. The summed E-state index contributed by atoms with van der Waals surface area (Å²) in [7, 11) is 0. The number of ether oxygens (including phenoxy) is 1. The van der Waals surface area contributed by atoms with Crippen LogP contribution in [0.25, 0.3) is 0 Å². The second-order valence-corrected chi connectivity index (χ2v) is 6.09. The maximum absolute atomic E-state index is 13.2. The maximum atomic E-state index is 13.2. The Hall–Kier alpha value is -1.05. The van der Waals surface area contributed by atoms with Gasteiger partial charge in [-0.1, -0.05) is 45.6 Å². The zero-order chi connectivity index (χ0) is 14.4. The standard InChI is InChI=1S/C18H27FO/c1-3-6-14-9-11-15(12-10-14)18(4-2)20-17-8-5-7-16(19)13-17/h5,7-8,13-15,18H,3-4,6,9-12H2,1-2H3. The Bertz CT molecular complexity index is 396. The van der Waals surface area contributed by atoms with Gasteiger partial charge in [-0.2, -0.15) is 0 Å². The average molecular weight is 278 g/mol. The number of hydrogen-bond donors (Lipinski definition) is 0. The molecule has 0 spiro atoms. The first-order chi connectivity index (χ1) is 9.72. The van der Waals surface area contributed by atoms with Crippen LogP contribution in [0.15, 0.2) is 24.3 Å². The molecule has 1 unspecified atom stereocenters. The van der Waals surface area contributed by atoms with Crippen molar-refractivity contribution in [2.45, 2.75) is 64.9 Å². The van der Waals surface area contributed by atoms with E-state index in [1.165, 1.54) is 50.7 Å². The van der Waals surface area contributed by atoms with E-state index in [9.17, 15) is 4.39 Å². The fourth-order valence-electron chi connectivity index (χ4n) is 3.48. The lowest BCUT2D eigenvalue weighted by atomic mass is 9.77. The largest absolute Gasteiger partial charge is 0.490 e. The lowest BCUT2D eigenvalue weighted by Crippen LogP contribution is -2.30. The fraction of sp³-hybridized carbons (Fsp3) is 0.667. The van der Waals surface area contributed by atoms with Crippen LogP contribution in [-0.2, 0) is 0 Å². The summed E-state index contributed by atoms with van der Waals surface area (Å²) in [5, 5.41) is 0. The highest BCUT2D eigenvalue weighted by atomic mass is 19.1. The molecule has 20 heavy (non-hydrogen) atoms. The molecule has 1 nitrogen and oxygen atoms in total. The van der Waals surface area contributed by atoms with Gasteiger partial charge < -0.3 is 4.74 Å². The Balaban J connectivity index is 1.89. The van der Waals surface area contributed by atoms with Crippen LogP contribution in [0.4, 0.5) is 4.39 Å². The highest BCUT2D eigenvalue weighted by Crippen LogP contribution is 2.35. The summed E-state index contributed by atoms with van der Waals surface area (Å²) in [4.78, 5) is 0. The van der Waals surface area contributed by atoms with Gasteiger partial charge in [-0.05, 0) is 43.2 Å². The number of hydrogen-bond acceptors (Lipinski definition) is 1. The summed E-state index contributed by atoms with van der Waals surface area (Å²) in [6, 6.07) is 6.53. The molecule has 2 heteroatoms. The predicted octanol–water partition coefficient (Wildman–Crippen LogP) is 5.59. The molecule has 0 N–H and O–H groups in total. The quantitative estimate of drug-likeness (QED) is 0.659. The molecule has 2 rings (SSSR count). The van der Waals surface area contributed by atoms with Crippen molar-refractivity contribution in [1.82, 2.24) is 0 Å². The topological polar surface area (TPSA) is 9.23 Å². The molecule has 1 atom stereocenters. The Morgan fingerprint density at radius 3 is 2.55 bits per heavy atom. The van der Waals surface area contributed by atoms with E-state index in [0.29, 0.717) is 11.7 Å². The number of halogens is 1. The smallest absolute Gasteiger partial charge is 0.126 e. The zero-order valence-corrected chi connectivity index (χ0v) is 12.8. The molecule has 0 amide bonds. The molecule has 0 radical (unpaired) electrons. The summed E-state index contributed by atoms with van der Waals surface area (Å²) in [5.41, 5.74) is 0. The van der Waals surface area contributed by atoms with Crippen molar-refractivity contribution >= 4 is 0 Å². The fourth-order valence-corrected chi connectivity index (χ4v) is 3.48. The molecule has 112 valence electrons. The van der Waals surface area contributed by atoms with Gasteiger partial charge in [0.05, 0.1) is 0 Å². The van der Waals surface area contributed by atoms with Crippen LogP contribution >= 0.6 is 0 Å². The van der Waals surface area contributed by atoms with Crippen LogP contribution < -0.4 is 4.74 Å². The molecule has 0 heterocycles. The van der Waals surface area contributed by atoms with Gasteiger partial charge >= 0.3 is 0 Å². The molecule has 1 aliphatic rings. The molecule has 1 aromatic rings. The Morgan fingerprint density at radius 2 is 1.95 bits per heavy atom. The first-order valence-electron chi connectivity index (χ1n) is 8.15. The van der Waals surface area contributed by atoms with Crippen molar-refractivity contribution in [3.8, 4) is 5.75 Å². The van der Waals surface area contributed by atoms with Gasteiger partial charge in [-0.15, -0.1) is 0 Å². The predicted molar refractivity (Wildman–Crippen MR) is 81.5 cm³/mol. The molecule has 1 aliphatic carbocycles. The van der Waals surface area contributed by atoms with Gasteiger partial charge in [0.2, 0.25) is 0 Å². The second-order valence-electron chi connectivity index (χ2n) is 6.09. The number of rotatable bonds is 6. The Kier molecular flexibility index (Phi) is 5.87. The molecule has 1 aromatic carbocycles. The van der Waals surface area contributed by atoms with E-state index in [1.54, 1.807) is 6.07 Å². The van der Waals surface area contributed by atoms with Gasteiger partial charge in [-0.3, -0.25) is 0 Å². The van der Waals surface area contributed by atoms with Crippen LogP contribution in [0.5, 0.6) is 5.75 Å². The van der Waals surface area contributed by atoms with E-state index in [2.05, 4.69) is 13.8 Å². The molecular formula is C18H27FO. The third kappa shape index (κ3) is 4.22. The zero-order valence-electron chi connectivity index (χ0n) is 12.8. The van der Waals surface area contributed by atoms with Crippen molar-refractivity contribution in [3.05, 3.63) is 30.1 Å². The van der Waals surface area contributed by atoms with E-state index >= 15 is 0 Å². The summed E-state index contributed by atoms with van der Waals surface area (Å²) >= 11 is 0. The molecule has 0 aromatic heterocycles. The van der Waals surface area contributed by atoms with Crippen LogP contribution in [0.1, 0.15) is 58.8 Å². The molecule has 1 saturated carbocycles. The lowest BCUT2D eigenvalue weighted by molar-refractivity contribution is 0.0896. The highest BCUT2D eigenvalue weighted by molar-refractivity contribution is 5.22. The molecule has 0 bridgehead atoms. The molecular weight excluding hydrogens is 251 g/mol. The average Bonchev–Trinajstić information content (AvgIpc) is 2.46. The summed E-state index contributed by atoms with van der Waals surface area (Å²) < 4.78 is 19.3.